The van der Waals surface area contributed by atoms with Gasteiger partial charge in [-0.05, 0) is 55.3 Å². The molecular formula is C30H28ClN7OS2. The van der Waals surface area contributed by atoms with Crippen LogP contribution in [0.2, 0.25) is 5.02 Å². The quantitative estimate of drug-likeness (QED) is 0.202. The van der Waals surface area contributed by atoms with Crippen LogP contribution in [0.25, 0.3) is 17.1 Å². The van der Waals surface area contributed by atoms with Gasteiger partial charge in [-0.3, -0.25) is 14.3 Å². The molecule has 0 saturated carbocycles. The number of aryl methyl sites for hydroxylation is 2. The second kappa shape index (κ2) is 12.0. The molecule has 0 bridgehead atoms. The van der Waals surface area contributed by atoms with Gasteiger partial charge < -0.3 is 9.80 Å². The number of piperazine rings is 1. The molecule has 1 aliphatic heterocycles. The molecule has 0 aliphatic carbocycles. The fourth-order valence-corrected chi connectivity index (χ4v) is 6.82. The number of hydrogen-bond acceptors (Lipinski definition) is 8. The molecule has 8 nitrogen and oxygen atoms in total. The van der Waals surface area contributed by atoms with Crippen molar-refractivity contribution in [3.8, 4) is 17.1 Å². The maximum atomic E-state index is 13.3. The molecule has 4 heterocycles. The first-order valence-electron chi connectivity index (χ1n) is 13.3. The third-order valence-corrected chi connectivity index (χ3v) is 9.31. The van der Waals surface area contributed by atoms with Gasteiger partial charge in [0.25, 0.3) is 5.91 Å². The third-order valence-electron chi connectivity index (χ3n) is 7.10. The zero-order valence-electron chi connectivity index (χ0n) is 22.7. The Labute approximate surface area is 252 Å². The summed E-state index contributed by atoms with van der Waals surface area (Å²) in [5, 5.41) is 13.1. The lowest BCUT2D eigenvalue weighted by Gasteiger charge is -2.36. The van der Waals surface area contributed by atoms with Crippen LogP contribution < -0.4 is 4.90 Å². The van der Waals surface area contributed by atoms with Crippen LogP contribution >= 0.6 is 34.7 Å². The summed E-state index contributed by atoms with van der Waals surface area (Å²) in [7, 11) is 0. The molecule has 0 unspecified atom stereocenters. The van der Waals surface area contributed by atoms with Crippen LogP contribution in [0.5, 0.6) is 0 Å². The van der Waals surface area contributed by atoms with Crippen LogP contribution in [0.3, 0.4) is 0 Å². The van der Waals surface area contributed by atoms with E-state index >= 15 is 0 Å². The first kappa shape index (κ1) is 27.4. The van der Waals surface area contributed by atoms with E-state index in [1.165, 1.54) is 34.3 Å². The number of pyridine rings is 1. The predicted octanol–water partition coefficient (Wildman–Crippen LogP) is 6.31. The van der Waals surface area contributed by atoms with Crippen molar-refractivity contribution in [3.63, 3.8) is 0 Å². The van der Waals surface area contributed by atoms with Crippen molar-refractivity contribution in [1.29, 1.82) is 0 Å². The van der Waals surface area contributed by atoms with Crippen LogP contribution in [-0.4, -0.2) is 61.7 Å². The monoisotopic (exact) mass is 601 g/mol. The van der Waals surface area contributed by atoms with Gasteiger partial charge in [0.2, 0.25) is 0 Å². The Bertz CT molecular complexity index is 1680. The number of thiazole rings is 1. The predicted molar refractivity (Wildman–Crippen MR) is 165 cm³/mol. The molecule has 0 N–H and O–H groups in total. The minimum atomic E-state index is -0.0142. The fraction of sp³-hybridized carbons (Fsp3) is 0.233. The smallest absolute Gasteiger partial charge is 0.273 e. The number of aromatic nitrogens is 5. The summed E-state index contributed by atoms with van der Waals surface area (Å²) in [6.45, 7) is 7.13. The Balaban J connectivity index is 1.16. The Hall–Kier alpha value is -3.73. The molecule has 3 aromatic heterocycles. The highest BCUT2D eigenvalue weighted by Gasteiger charge is 2.25. The second-order valence-corrected chi connectivity index (χ2v) is 12.1. The molecule has 2 aromatic carbocycles. The lowest BCUT2D eigenvalue weighted by molar-refractivity contribution is 0.0741. The van der Waals surface area contributed by atoms with E-state index in [1.54, 1.807) is 12.4 Å². The van der Waals surface area contributed by atoms with Gasteiger partial charge in [0, 0.05) is 60.2 Å². The van der Waals surface area contributed by atoms with Crippen LogP contribution in [-0.2, 0) is 5.75 Å². The average molecular weight is 602 g/mol. The number of rotatable bonds is 7. The molecule has 1 aliphatic rings. The zero-order chi connectivity index (χ0) is 28.3. The number of halogens is 1. The summed E-state index contributed by atoms with van der Waals surface area (Å²) in [6, 6.07) is 18.0. The van der Waals surface area contributed by atoms with Gasteiger partial charge in [0.1, 0.15) is 10.7 Å². The Kier molecular flexibility index (Phi) is 8.04. The largest absolute Gasteiger partial charge is 0.368 e. The van der Waals surface area contributed by atoms with Gasteiger partial charge in [-0.25, -0.2) is 4.98 Å². The van der Waals surface area contributed by atoms with E-state index in [9.17, 15) is 4.79 Å². The van der Waals surface area contributed by atoms with Gasteiger partial charge in [0.05, 0.1) is 11.4 Å². The van der Waals surface area contributed by atoms with Gasteiger partial charge in [-0.15, -0.1) is 21.5 Å². The third kappa shape index (κ3) is 5.86. The standard InChI is InChI=1S/C30H28ClN7OS2/c1-20-5-3-4-6-25(20)36-13-15-37(16-14-36)29(39)24-18-40-27(33-24)19-41-30-35-34-28(22-9-11-32-12-10-22)38(30)26-17-23(31)8-7-21(26)2/h3-12,17-18H,13-16,19H2,1-2H3. The Morgan fingerprint density at radius 3 is 2.49 bits per heavy atom. The Morgan fingerprint density at radius 1 is 0.951 bits per heavy atom. The summed E-state index contributed by atoms with van der Waals surface area (Å²) in [4.78, 5) is 26.3. The van der Waals surface area contributed by atoms with E-state index < -0.39 is 0 Å². The number of amides is 1. The van der Waals surface area contributed by atoms with E-state index in [4.69, 9.17) is 16.6 Å². The van der Waals surface area contributed by atoms with Crippen molar-refractivity contribution in [3.05, 3.63) is 99.2 Å². The molecular weight excluding hydrogens is 574 g/mol. The summed E-state index contributed by atoms with van der Waals surface area (Å²) < 4.78 is 2.02. The maximum absolute atomic E-state index is 13.3. The molecule has 11 heteroatoms. The van der Waals surface area contributed by atoms with Gasteiger partial charge in [-0.1, -0.05) is 47.6 Å². The van der Waals surface area contributed by atoms with Crippen LogP contribution in [0.4, 0.5) is 5.69 Å². The molecule has 1 amide bonds. The zero-order valence-corrected chi connectivity index (χ0v) is 25.1. The molecule has 6 rings (SSSR count). The van der Waals surface area contributed by atoms with E-state index in [0.717, 1.165) is 40.1 Å². The molecule has 0 radical (unpaired) electrons. The number of carbonyl (C=O) groups is 1. The first-order valence-corrected chi connectivity index (χ1v) is 15.5. The number of benzene rings is 2. The first-order chi connectivity index (χ1) is 20.0. The summed E-state index contributed by atoms with van der Waals surface area (Å²) in [5.74, 6) is 1.26. The van der Waals surface area contributed by atoms with E-state index in [2.05, 4.69) is 51.3 Å². The van der Waals surface area contributed by atoms with E-state index in [0.29, 0.717) is 35.4 Å². The highest BCUT2D eigenvalue weighted by molar-refractivity contribution is 7.98. The normalized spacial score (nSPS) is 13.5. The minimum absolute atomic E-state index is 0.0142. The van der Waals surface area contributed by atoms with Crippen LogP contribution in [0, 0.1) is 13.8 Å². The average Bonchev–Trinajstić information content (AvgIpc) is 3.65. The number of thioether (sulfide) groups is 1. The molecule has 41 heavy (non-hydrogen) atoms. The van der Waals surface area contributed by atoms with Gasteiger partial charge >= 0.3 is 0 Å². The van der Waals surface area contributed by atoms with Crippen molar-refractivity contribution in [2.75, 3.05) is 31.1 Å². The highest BCUT2D eigenvalue weighted by atomic mass is 35.5. The number of para-hydroxylation sites is 1. The van der Waals surface area contributed by atoms with Crippen LogP contribution in [0.1, 0.15) is 26.6 Å². The lowest BCUT2D eigenvalue weighted by atomic mass is 10.1. The van der Waals surface area contributed by atoms with E-state index in [1.807, 2.05) is 52.1 Å². The van der Waals surface area contributed by atoms with Crippen molar-refractivity contribution >= 4 is 46.3 Å². The van der Waals surface area contributed by atoms with Crippen molar-refractivity contribution in [2.24, 2.45) is 0 Å². The molecule has 1 saturated heterocycles. The second-order valence-electron chi connectivity index (χ2n) is 9.79. The van der Waals surface area contributed by atoms with Crippen LogP contribution in [0.15, 0.2) is 77.5 Å². The maximum Gasteiger partial charge on any atom is 0.273 e. The van der Waals surface area contributed by atoms with Gasteiger partial charge in [0.15, 0.2) is 11.0 Å². The number of anilines is 1. The van der Waals surface area contributed by atoms with E-state index in [-0.39, 0.29) is 5.91 Å². The Morgan fingerprint density at radius 2 is 1.71 bits per heavy atom. The minimum Gasteiger partial charge on any atom is -0.368 e. The number of carbonyl (C=O) groups excluding carboxylic acids is 1. The SMILES string of the molecule is Cc1ccccc1N1CCN(C(=O)c2csc(CSc3nnc(-c4ccncc4)n3-c3cc(Cl)ccc3C)n2)CC1. The molecule has 0 atom stereocenters. The van der Waals surface area contributed by atoms with Crippen molar-refractivity contribution in [1.82, 2.24) is 29.6 Å². The molecule has 5 aromatic rings. The summed E-state index contributed by atoms with van der Waals surface area (Å²) in [6.07, 6.45) is 3.48. The fourth-order valence-electron chi connectivity index (χ4n) is 4.92. The summed E-state index contributed by atoms with van der Waals surface area (Å²) >= 11 is 9.41. The topological polar surface area (TPSA) is 80.0 Å². The number of nitrogens with zero attached hydrogens (tertiary/aromatic N) is 7. The highest BCUT2D eigenvalue weighted by Crippen LogP contribution is 2.32. The summed E-state index contributed by atoms with van der Waals surface area (Å²) in [5.41, 5.74) is 5.86. The molecule has 1 fully saturated rings. The van der Waals surface area contributed by atoms with Gasteiger partial charge in [-0.2, -0.15) is 0 Å². The van der Waals surface area contributed by atoms with Crippen molar-refractivity contribution in [2.45, 2.75) is 24.8 Å². The van der Waals surface area contributed by atoms with Crippen molar-refractivity contribution < 1.29 is 4.79 Å². The lowest BCUT2D eigenvalue weighted by Crippen LogP contribution is -2.49. The number of hydrogen-bond donors (Lipinski definition) is 0. The molecule has 0 spiro atoms. The molecule has 208 valence electrons.